The van der Waals surface area contributed by atoms with Gasteiger partial charge in [0.15, 0.2) is 5.11 Å². The number of thiocarbonyl (C=S) groups is 1. The van der Waals surface area contributed by atoms with Gasteiger partial charge < -0.3 is 19.4 Å². The number of nitrogens with zero attached hydrogens (tertiary/aromatic N) is 2. The van der Waals surface area contributed by atoms with E-state index in [4.69, 9.17) is 21.4 Å². The lowest BCUT2D eigenvalue weighted by Gasteiger charge is -2.30. The molecular formula is C22H39N3O2S. The Morgan fingerprint density at radius 1 is 1.21 bits per heavy atom. The normalized spacial score (nSPS) is 16.1. The standard InChI is InChI=1S/C22H39N3O2S/c1-4-6-7-9-20(5-2)23-22(28)25(18-21-11-10-19(3)27-21)13-8-12-24-14-16-26-17-15-24/h10-11,20H,4-9,12-18H2,1-3H3,(H,23,28). The Kier molecular flexibility index (Phi) is 10.9. The molecule has 2 heterocycles. The number of ether oxygens (including phenoxy) is 1. The molecule has 0 aromatic carbocycles. The fourth-order valence-corrected chi connectivity index (χ4v) is 3.93. The van der Waals surface area contributed by atoms with Crippen LogP contribution in [0.1, 0.15) is 63.9 Å². The molecule has 1 aliphatic heterocycles. The maximum absolute atomic E-state index is 5.82. The van der Waals surface area contributed by atoms with E-state index >= 15 is 0 Å². The molecule has 160 valence electrons. The fraction of sp³-hybridized carbons (Fsp3) is 0.773. The van der Waals surface area contributed by atoms with Gasteiger partial charge in [-0.15, -0.1) is 0 Å². The molecule has 0 aliphatic carbocycles. The van der Waals surface area contributed by atoms with Crippen molar-refractivity contribution >= 4 is 17.3 Å². The Bertz CT molecular complexity index is 558. The third-order valence-corrected chi connectivity index (χ3v) is 5.79. The minimum Gasteiger partial charge on any atom is -0.464 e. The van der Waals surface area contributed by atoms with E-state index in [-0.39, 0.29) is 0 Å². The first-order valence-corrected chi connectivity index (χ1v) is 11.4. The first-order chi connectivity index (χ1) is 13.6. The van der Waals surface area contributed by atoms with Crippen molar-refractivity contribution in [2.24, 2.45) is 0 Å². The van der Waals surface area contributed by atoms with E-state index in [2.05, 4.69) is 35.0 Å². The Hall–Kier alpha value is -1.11. The number of aryl methyl sites for hydroxylation is 1. The van der Waals surface area contributed by atoms with Gasteiger partial charge in [0.2, 0.25) is 0 Å². The summed E-state index contributed by atoms with van der Waals surface area (Å²) in [4.78, 5) is 4.76. The molecule has 1 unspecified atom stereocenters. The molecule has 0 amide bonds. The summed E-state index contributed by atoms with van der Waals surface area (Å²) < 4.78 is 11.3. The zero-order valence-corrected chi connectivity index (χ0v) is 18.9. The van der Waals surface area contributed by atoms with Crippen molar-refractivity contribution in [2.75, 3.05) is 39.4 Å². The summed E-state index contributed by atoms with van der Waals surface area (Å²) in [5, 5.41) is 4.48. The van der Waals surface area contributed by atoms with Crippen molar-refractivity contribution < 1.29 is 9.15 Å². The second-order valence-electron chi connectivity index (χ2n) is 7.79. The van der Waals surface area contributed by atoms with Crippen LogP contribution in [0.25, 0.3) is 0 Å². The predicted molar refractivity (Wildman–Crippen MR) is 120 cm³/mol. The summed E-state index contributed by atoms with van der Waals surface area (Å²) in [6.07, 6.45) is 7.19. The second-order valence-corrected chi connectivity index (χ2v) is 8.18. The van der Waals surface area contributed by atoms with Gasteiger partial charge in [-0.2, -0.15) is 0 Å². The molecule has 0 radical (unpaired) electrons. The minimum absolute atomic E-state index is 0.458. The van der Waals surface area contributed by atoms with Crippen molar-refractivity contribution in [2.45, 2.75) is 71.9 Å². The van der Waals surface area contributed by atoms with Gasteiger partial charge in [-0.3, -0.25) is 4.90 Å². The van der Waals surface area contributed by atoms with Gasteiger partial charge in [0.25, 0.3) is 0 Å². The SMILES string of the molecule is CCCCCC(CC)NC(=S)N(CCCN1CCOCC1)Cc1ccc(C)o1. The van der Waals surface area contributed by atoms with Gasteiger partial charge in [-0.25, -0.2) is 0 Å². The fourth-order valence-electron chi connectivity index (χ4n) is 3.61. The quantitative estimate of drug-likeness (QED) is 0.409. The highest BCUT2D eigenvalue weighted by atomic mass is 32.1. The molecule has 1 aromatic rings. The van der Waals surface area contributed by atoms with E-state index in [1.165, 1.54) is 25.7 Å². The second kappa shape index (κ2) is 13.2. The van der Waals surface area contributed by atoms with Crippen molar-refractivity contribution in [1.82, 2.24) is 15.1 Å². The molecule has 0 saturated carbocycles. The molecular weight excluding hydrogens is 370 g/mol. The number of rotatable bonds is 12. The van der Waals surface area contributed by atoms with Crippen molar-refractivity contribution in [1.29, 1.82) is 0 Å². The van der Waals surface area contributed by atoms with E-state index in [9.17, 15) is 0 Å². The number of nitrogens with one attached hydrogen (secondary N) is 1. The lowest BCUT2D eigenvalue weighted by atomic mass is 10.1. The highest BCUT2D eigenvalue weighted by molar-refractivity contribution is 7.80. The molecule has 1 aromatic heterocycles. The molecule has 1 atom stereocenters. The first-order valence-electron chi connectivity index (χ1n) is 11.0. The van der Waals surface area contributed by atoms with Crippen LogP contribution in [0.5, 0.6) is 0 Å². The van der Waals surface area contributed by atoms with Gasteiger partial charge in [0.05, 0.1) is 19.8 Å². The number of hydrogen-bond acceptors (Lipinski definition) is 4. The van der Waals surface area contributed by atoms with Crippen molar-refractivity contribution in [3.63, 3.8) is 0 Å². The van der Waals surface area contributed by atoms with Crippen LogP contribution < -0.4 is 5.32 Å². The Morgan fingerprint density at radius 2 is 2.00 bits per heavy atom. The Labute approximate surface area is 176 Å². The van der Waals surface area contributed by atoms with Crippen LogP contribution in [0.3, 0.4) is 0 Å². The summed E-state index contributed by atoms with van der Waals surface area (Å²) in [6, 6.07) is 4.54. The predicted octanol–water partition coefficient (Wildman–Crippen LogP) is 4.35. The highest BCUT2D eigenvalue weighted by Gasteiger charge is 2.17. The van der Waals surface area contributed by atoms with Gasteiger partial charge in [0, 0.05) is 32.2 Å². The van der Waals surface area contributed by atoms with Gasteiger partial charge in [-0.1, -0.05) is 33.1 Å². The average molecular weight is 410 g/mol. The third-order valence-electron chi connectivity index (χ3n) is 5.41. The van der Waals surface area contributed by atoms with Crippen LogP contribution >= 0.6 is 12.2 Å². The summed E-state index contributed by atoms with van der Waals surface area (Å²) in [6.45, 7) is 13.0. The Balaban J connectivity index is 1.88. The topological polar surface area (TPSA) is 40.9 Å². The maximum Gasteiger partial charge on any atom is 0.169 e. The molecule has 1 fully saturated rings. The van der Waals surface area contributed by atoms with Crippen molar-refractivity contribution in [3.8, 4) is 0 Å². The van der Waals surface area contributed by atoms with E-state index in [0.29, 0.717) is 6.04 Å². The third kappa shape index (κ3) is 8.50. The lowest BCUT2D eigenvalue weighted by Crippen LogP contribution is -2.45. The summed E-state index contributed by atoms with van der Waals surface area (Å²) in [7, 11) is 0. The van der Waals surface area contributed by atoms with Crippen LogP contribution in [0.15, 0.2) is 16.5 Å². The minimum atomic E-state index is 0.458. The zero-order chi connectivity index (χ0) is 20.2. The molecule has 5 nitrogen and oxygen atoms in total. The molecule has 1 saturated heterocycles. The van der Waals surface area contributed by atoms with Gasteiger partial charge in [0.1, 0.15) is 11.5 Å². The summed E-state index contributed by atoms with van der Waals surface area (Å²) >= 11 is 5.81. The van der Waals surface area contributed by atoms with E-state index < -0.39 is 0 Å². The monoisotopic (exact) mass is 409 g/mol. The Morgan fingerprint density at radius 3 is 2.64 bits per heavy atom. The number of furan rings is 1. The van der Waals surface area contributed by atoms with Crippen LogP contribution in [0.4, 0.5) is 0 Å². The lowest BCUT2D eigenvalue weighted by molar-refractivity contribution is 0.0367. The van der Waals surface area contributed by atoms with Gasteiger partial charge in [-0.05, 0) is 50.5 Å². The molecule has 6 heteroatoms. The average Bonchev–Trinajstić information content (AvgIpc) is 3.12. The number of hydrogen-bond donors (Lipinski definition) is 1. The largest absolute Gasteiger partial charge is 0.464 e. The van der Waals surface area contributed by atoms with Crippen LogP contribution in [-0.4, -0.2) is 60.3 Å². The molecule has 28 heavy (non-hydrogen) atoms. The summed E-state index contributed by atoms with van der Waals surface area (Å²) in [5.41, 5.74) is 0. The highest BCUT2D eigenvalue weighted by Crippen LogP contribution is 2.13. The molecule has 0 bridgehead atoms. The molecule has 0 spiro atoms. The van der Waals surface area contributed by atoms with E-state index in [0.717, 1.165) is 75.4 Å². The first kappa shape index (κ1) is 23.2. The number of unbranched alkanes of at least 4 members (excludes halogenated alkanes) is 2. The smallest absolute Gasteiger partial charge is 0.169 e. The van der Waals surface area contributed by atoms with Crippen LogP contribution in [0.2, 0.25) is 0 Å². The van der Waals surface area contributed by atoms with Crippen molar-refractivity contribution in [3.05, 3.63) is 23.7 Å². The molecule has 1 aliphatic rings. The number of morpholine rings is 1. The van der Waals surface area contributed by atoms with E-state index in [1.807, 2.05) is 13.0 Å². The molecule has 1 N–H and O–H groups in total. The van der Waals surface area contributed by atoms with E-state index in [1.54, 1.807) is 0 Å². The van der Waals surface area contributed by atoms with Crippen LogP contribution in [0, 0.1) is 6.92 Å². The molecule has 2 rings (SSSR count). The zero-order valence-electron chi connectivity index (χ0n) is 18.0. The maximum atomic E-state index is 5.82. The van der Waals surface area contributed by atoms with Crippen LogP contribution in [-0.2, 0) is 11.3 Å². The van der Waals surface area contributed by atoms with Gasteiger partial charge >= 0.3 is 0 Å². The summed E-state index contributed by atoms with van der Waals surface area (Å²) in [5.74, 6) is 1.93.